The summed E-state index contributed by atoms with van der Waals surface area (Å²) >= 11 is 0. The van der Waals surface area contributed by atoms with Gasteiger partial charge in [0.05, 0.1) is 5.60 Å². The predicted molar refractivity (Wildman–Crippen MR) is 91.2 cm³/mol. The molecule has 1 rings (SSSR count). The van der Waals surface area contributed by atoms with Gasteiger partial charge in [0.1, 0.15) is 0 Å². The van der Waals surface area contributed by atoms with E-state index in [2.05, 4.69) is 40.2 Å². The average Bonchev–Trinajstić information content (AvgIpc) is 2.47. The standard InChI is InChI=1S/C18H32OSi/c1-7-13-17-14-11-12-15-18(17,16(5)6)19-20(8-2,9-3)10-4/h1,17H,5,8-15H2,2-4,6H3/t17-,18-/m0/s1. The zero-order valence-electron chi connectivity index (χ0n) is 13.9. The second-order valence-corrected chi connectivity index (χ2v) is 11.1. The molecule has 0 aromatic rings. The van der Waals surface area contributed by atoms with E-state index in [-0.39, 0.29) is 5.60 Å². The molecule has 1 nitrogen and oxygen atoms in total. The second-order valence-electron chi connectivity index (χ2n) is 6.37. The van der Waals surface area contributed by atoms with Crippen molar-refractivity contribution in [3.63, 3.8) is 0 Å². The van der Waals surface area contributed by atoms with Crippen molar-refractivity contribution in [1.29, 1.82) is 0 Å². The Morgan fingerprint density at radius 2 is 1.90 bits per heavy atom. The summed E-state index contributed by atoms with van der Waals surface area (Å²) in [6.45, 7) is 13.3. The highest BCUT2D eigenvalue weighted by atomic mass is 28.4. The lowest BCUT2D eigenvalue weighted by molar-refractivity contribution is 0.000932. The highest BCUT2D eigenvalue weighted by Gasteiger charge is 2.47. The van der Waals surface area contributed by atoms with Gasteiger partial charge in [-0.3, -0.25) is 0 Å². The zero-order chi connectivity index (χ0) is 15.2. The van der Waals surface area contributed by atoms with Gasteiger partial charge in [-0.25, -0.2) is 0 Å². The van der Waals surface area contributed by atoms with Gasteiger partial charge in [-0.2, -0.15) is 0 Å². The van der Waals surface area contributed by atoms with E-state index in [0.717, 1.165) is 12.8 Å². The second kappa shape index (κ2) is 7.48. The lowest BCUT2D eigenvalue weighted by Crippen LogP contribution is -2.53. The summed E-state index contributed by atoms with van der Waals surface area (Å²) in [4.78, 5) is 0. The Morgan fingerprint density at radius 3 is 2.35 bits per heavy atom. The van der Waals surface area contributed by atoms with Crippen molar-refractivity contribution in [2.24, 2.45) is 5.92 Å². The van der Waals surface area contributed by atoms with Crippen LogP contribution in [0.15, 0.2) is 12.2 Å². The third kappa shape index (κ3) is 3.38. The molecule has 0 amide bonds. The summed E-state index contributed by atoms with van der Waals surface area (Å²) in [6, 6.07) is 3.58. The van der Waals surface area contributed by atoms with Crippen LogP contribution in [0.25, 0.3) is 0 Å². The van der Waals surface area contributed by atoms with Crippen LogP contribution in [-0.2, 0) is 4.43 Å². The number of terminal acetylenes is 1. The molecule has 0 bridgehead atoms. The van der Waals surface area contributed by atoms with Crippen LogP contribution in [0.4, 0.5) is 0 Å². The first-order chi connectivity index (χ1) is 9.50. The van der Waals surface area contributed by atoms with Gasteiger partial charge in [-0.1, -0.05) is 40.2 Å². The Hall–Kier alpha value is -0.523. The van der Waals surface area contributed by atoms with Gasteiger partial charge in [0.15, 0.2) is 8.32 Å². The van der Waals surface area contributed by atoms with Gasteiger partial charge in [0.2, 0.25) is 0 Å². The number of hydrogen-bond acceptors (Lipinski definition) is 1. The van der Waals surface area contributed by atoms with Crippen molar-refractivity contribution in [1.82, 2.24) is 0 Å². The molecule has 0 aromatic heterocycles. The van der Waals surface area contributed by atoms with Crippen LogP contribution in [-0.4, -0.2) is 13.9 Å². The molecule has 0 unspecified atom stereocenters. The maximum atomic E-state index is 6.98. The van der Waals surface area contributed by atoms with Crippen LogP contribution in [0, 0.1) is 18.3 Å². The van der Waals surface area contributed by atoms with Crippen molar-refractivity contribution in [2.75, 3.05) is 0 Å². The van der Waals surface area contributed by atoms with Crippen LogP contribution in [0.5, 0.6) is 0 Å². The van der Waals surface area contributed by atoms with Crippen molar-refractivity contribution >= 4 is 8.32 Å². The van der Waals surface area contributed by atoms with Gasteiger partial charge in [-0.05, 0) is 43.5 Å². The summed E-state index contributed by atoms with van der Waals surface area (Å²) in [5, 5.41) is 0. The molecule has 0 aromatic carbocycles. The van der Waals surface area contributed by atoms with Crippen molar-refractivity contribution < 1.29 is 4.43 Å². The molecule has 1 aliphatic carbocycles. The van der Waals surface area contributed by atoms with Crippen LogP contribution in [0.1, 0.15) is 59.8 Å². The van der Waals surface area contributed by atoms with Crippen LogP contribution >= 0.6 is 0 Å². The van der Waals surface area contributed by atoms with E-state index < -0.39 is 8.32 Å². The van der Waals surface area contributed by atoms with Crippen LogP contribution in [0.2, 0.25) is 18.1 Å². The normalized spacial score (nSPS) is 27.1. The highest BCUT2D eigenvalue weighted by molar-refractivity contribution is 6.73. The van der Waals surface area contributed by atoms with E-state index in [4.69, 9.17) is 10.8 Å². The predicted octanol–water partition coefficient (Wildman–Crippen LogP) is 5.54. The minimum Gasteiger partial charge on any atom is -0.407 e. The molecule has 0 spiro atoms. The van der Waals surface area contributed by atoms with Gasteiger partial charge < -0.3 is 4.43 Å². The minimum absolute atomic E-state index is 0.140. The Morgan fingerprint density at radius 1 is 1.30 bits per heavy atom. The summed E-state index contributed by atoms with van der Waals surface area (Å²) in [6.07, 6.45) is 11.3. The molecule has 114 valence electrons. The first kappa shape index (κ1) is 17.5. The van der Waals surface area contributed by atoms with E-state index in [9.17, 15) is 0 Å². The lowest BCUT2D eigenvalue weighted by Gasteiger charge is -2.50. The Labute approximate surface area is 127 Å². The molecule has 1 fully saturated rings. The van der Waals surface area contributed by atoms with Crippen LogP contribution < -0.4 is 0 Å². The zero-order valence-corrected chi connectivity index (χ0v) is 14.9. The van der Waals surface area contributed by atoms with Crippen molar-refractivity contribution in [3.05, 3.63) is 12.2 Å². The molecule has 0 saturated heterocycles. The minimum atomic E-state index is -1.64. The molecule has 2 atom stereocenters. The lowest BCUT2D eigenvalue weighted by atomic mass is 9.71. The maximum Gasteiger partial charge on any atom is 0.193 e. The summed E-state index contributed by atoms with van der Waals surface area (Å²) in [5.74, 6) is 3.35. The van der Waals surface area contributed by atoms with Crippen molar-refractivity contribution in [3.8, 4) is 12.3 Å². The Bertz CT molecular complexity index is 356. The third-order valence-electron chi connectivity index (χ3n) is 5.43. The third-order valence-corrected chi connectivity index (χ3v) is 10.1. The van der Waals surface area contributed by atoms with Crippen molar-refractivity contribution in [2.45, 2.75) is 83.5 Å². The quantitative estimate of drug-likeness (QED) is 0.340. The fraction of sp³-hybridized carbons (Fsp3) is 0.778. The largest absolute Gasteiger partial charge is 0.407 e. The van der Waals surface area contributed by atoms with Gasteiger partial charge in [-0.15, -0.1) is 12.3 Å². The van der Waals surface area contributed by atoms with E-state index in [1.54, 1.807) is 0 Å². The van der Waals surface area contributed by atoms with Gasteiger partial charge >= 0.3 is 0 Å². The summed E-state index contributed by atoms with van der Waals surface area (Å²) in [7, 11) is -1.64. The molecule has 2 heteroatoms. The fourth-order valence-corrected chi connectivity index (χ4v) is 6.91. The van der Waals surface area contributed by atoms with Crippen LogP contribution in [0.3, 0.4) is 0 Å². The average molecular weight is 293 g/mol. The molecule has 0 heterocycles. The molecule has 20 heavy (non-hydrogen) atoms. The smallest absolute Gasteiger partial charge is 0.193 e. The fourth-order valence-electron chi connectivity index (χ4n) is 3.76. The first-order valence-corrected chi connectivity index (χ1v) is 10.8. The molecule has 0 aliphatic heterocycles. The van der Waals surface area contributed by atoms with E-state index in [1.165, 1.54) is 43.0 Å². The molecular weight excluding hydrogens is 260 g/mol. The van der Waals surface area contributed by atoms with Gasteiger partial charge in [0.25, 0.3) is 0 Å². The van der Waals surface area contributed by atoms with E-state index in [0.29, 0.717) is 5.92 Å². The summed E-state index contributed by atoms with van der Waals surface area (Å²) in [5.41, 5.74) is 1.06. The Kier molecular flexibility index (Phi) is 6.55. The molecule has 0 N–H and O–H groups in total. The van der Waals surface area contributed by atoms with Gasteiger partial charge in [0, 0.05) is 12.3 Å². The molecule has 0 radical (unpaired) electrons. The number of hydrogen-bond donors (Lipinski definition) is 0. The Balaban J connectivity index is 3.12. The molecule has 1 aliphatic rings. The highest BCUT2D eigenvalue weighted by Crippen LogP contribution is 2.46. The van der Waals surface area contributed by atoms with E-state index in [1.807, 2.05) is 0 Å². The number of rotatable bonds is 7. The summed E-state index contributed by atoms with van der Waals surface area (Å²) < 4.78 is 6.98. The first-order valence-electron chi connectivity index (χ1n) is 8.29. The SMILES string of the molecule is C#CC[C@H]1CCCC[C@]1(O[Si](CC)(CC)CC)C(=C)C. The molecule has 1 saturated carbocycles. The topological polar surface area (TPSA) is 9.23 Å². The molecular formula is C18H32OSi. The maximum absolute atomic E-state index is 6.98. The monoisotopic (exact) mass is 292 g/mol. The van der Waals surface area contributed by atoms with E-state index >= 15 is 0 Å².